The molecule has 2 heterocycles. The number of fused-ring (bicyclic) bond motifs is 3. The fourth-order valence-electron chi connectivity index (χ4n) is 4.44. The molecular formula is C18H21NO4. The molecule has 1 aromatic carbocycles. The van der Waals surface area contributed by atoms with Crippen LogP contribution in [0.4, 0.5) is 0 Å². The number of hydrogen-bond donors (Lipinski definition) is 1. The Hall–Kier alpha value is -2.04. The van der Waals surface area contributed by atoms with Gasteiger partial charge >= 0.3 is 5.97 Å². The molecule has 0 aromatic heterocycles. The smallest absolute Gasteiger partial charge is 0.315 e. The molecule has 23 heavy (non-hydrogen) atoms. The van der Waals surface area contributed by atoms with Crippen LogP contribution in [0.1, 0.15) is 37.2 Å². The number of carbonyl (C=O) groups is 2. The van der Waals surface area contributed by atoms with Crippen molar-refractivity contribution in [3.05, 3.63) is 29.8 Å². The summed E-state index contributed by atoms with van der Waals surface area (Å²) in [5.74, 6) is -0.0780. The summed E-state index contributed by atoms with van der Waals surface area (Å²) in [5.41, 5.74) is -0.0920. The topological polar surface area (TPSA) is 66.8 Å². The first kappa shape index (κ1) is 14.5. The van der Waals surface area contributed by atoms with Crippen LogP contribution < -0.4 is 4.74 Å². The number of aliphatic carboxylic acids is 1. The van der Waals surface area contributed by atoms with Crippen molar-refractivity contribution in [2.45, 2.75) is 31.6 Å². The van der Waals surface area contributed by atoms with Gasteiger partial charge in [-0.2, -0.15) is 0 Å². The van der Waals surface area contributed by atoms with Gasteiger partial charge in [0.05, 0.1) is 0 Å². The maximum absolute atomic E-state index is 12.8. The SMILES string of the molecule is O=C(C1CCCC1)N1C[C@@H]2c3ccccc3OC[C@]2(C(=O)O)C1. The number of likely N-dealkylation sites (tertiary alicyclic amines) is 1. The highest BCUT2D eigenvalue weighted by Gasteiger charge is 2.57. The third kappa shape index (κ3) is 2.13. The lowest BCUT2D eigenvalue weighted by Crippen LogP contribution is -2.46. The third-order valence-corrected chi connectivity index (χ3v) is 5.76. The number of carbonyl (C=O) groups excluding carboxylic acids is 1. The standard InChI is InChI=1S/C18H21NO4/c20-16(12-5-1-2-6-12)19-9-14-13-7-3-4-8-15(13)23-11-18(14,10-19)17(21)22/h3-4,7-8,12,14H,1-2,5-6,9-11H2,(H,21,22)/t14-,18-/m1/s1. The molecule has 1 saturated carbocycles. The second-order valence-electron chi connectivity index (χ2n) is 7.04. The van der Waals surface area contributed by atoms with Gasteiger partial charge in [0.25, 0.3) is 0 Å². The molecule has 0 bridgehead atoms. The third-order valence-electron chi connectivity index (χ3n) is 5.76. The predicted molar refractivity (Wildman–Crippen MR) is 83.3 cm³/mol. The average Bonchev–Trinajstić information content (AvgIpc) is 3.22. The molecule has 122 valence electrons. The van der Waals surface area contributed by atoms with Crippen LogP contribution in [0.15, 0.2) is 24.3 Å². The molecule has 5 nitrogen and oxygen atoms in total. The highest BCUT2D eigenvalue weighted by Crippen LogP contribution is 2.50. The number of hydrogen-bond acceptors (Lipinski definition) is 3. The van der Waals surface area contributed by atoms with E-state index in [1.54, 1.807) is 4.90 Å². The molecule has 2 aliphatic heterocycles. The maximum atomic E-state index is 12.8. The number of carboxylic acids is 1. The zero-order valence-electron chi connectivity index (χ0n) is 13.0. The van der Waals surface area contributed by atoms with Crippen molar-refractivity contribution in [2.24, 2.45) is 11.3 Å². The van der Waals surface area contributed by atoms with Gasteiger partial charge in [-0.05, 0) is 18.9 Å². The Morgan fingerprint density at radius 2 is 1.96 bits per heavy atom. The van der Waals surface area contributed by atoms with Gasteiger partial charge in [0.15, 0.2) is 0 Å². The maximum Gasteiger partial charge on any atom is 0.315 e. The molecule has 3 aliphatic rings. The van der Waals surface area contributed by atoms with Crippen molar-refractivity contribution >= 4 is 11.9 Å². The summed E-state index contributed by atoms with van der Waals surface area (Å²) < 4.78 is 5.74. The van der Waals surface area contributed by atoms with Crippen LogP contribution in [-0.4, -0.2) is 41.6 Å². The Morgan fingerprint density at radius 1 is 1.22 bits per heavy atom. The quantitative estimate of drug-likeness (QED) is 0.909. The summed E-state index contributed by atoms with van der Waals surface area (Å²) in [7, 11) is 0. The van der Waals surface area contributed by atoms with Crippen LogP contribution in [0.3, 0.4) is 0 Å². The molecule has 1 N–H and O–H groups in total. The van der Waals surface area contributed by atoms with E-state index in [0.717, 1.165) is 37.0 Å². The minimum Gasteiger partial charge on any atom is -0.492 e. The van der Waals surface area contributed by atoms with E-state index in [2.05, 4.69) is 0 Å². The van der Waals surface area contributed by atoms with Gasteiger partial charge in [0, 0.05) is 30.5 Å². The number of ether oxygens (including phenoxy) is 1. The van der Waals surface area contributed by atoms with E-state index < -0.39 is 11.4 Å². The first-order valence-corrected chi connectivity index (χ1v) is 8.36. The van der Waals surface area contributed by atoms with Gasteiger partial charge in [0.1, 0.15) is 17.8 Å². The molecule has 1 saturated heterocycles. The minimum absolute atomic E-state index is 0.0807. The monoisotopic (exact) mass is 315 g/mol. The van der Waals surface area contributed by atoms with Crippen molar-refractivity contribution in [3.8, 4) is 5.75 Å². The lowest BCUT2D eigenvalue weighted by Gasteiger charge is -2.35. The second kappa shape index (κ2) is 5.25. The zero-order valence-corrected chi connectivity index (χ0v) is 13.0. The lowest BCUT2D eigenvalue weighted by molar-refractivity contribution is -0.152. The summed E-state index contributed by atoms with van der Waals surface area (Å²) in [6, 6.07) is 7.60. The highest BCUT2D eigenvalue weighted by atomic mass is 16.5. The van der Waals surface area contributed by atoms with Gasteiger partial charge in [-0.15, -0.1) is 0 Å². The molecule has 4 rings (SSSR count). The van der Waals surface area contributed by atoms with Crippen molar-refractivity contribution in [1.29, 1.82) is 0 Å². The fraction of sp³-hybridized carbons (Fsp3) is 0.556. The molecule has 0 unspecified atom stereocenters. The molecule has 2 atom stereocenters. The number of benzene rings is 1. The summed E-state index contributed by atoms with van der Waals surface area (Å²) in [6.45, 7) is 0.886. The van der Waals surface area contributed by atoms with Gasteiger partial charge in [-0.1, -0.05) is 31.0 Å². The van der Waals surface area contributed by atoms with Crippen LogP contribution >= 0.6 is 0 Å². The number of carboxylic acid groups (broad SMARTS) is 1. The predicted octanol–water partition coefficient (Wildman–Crippen LogP) is 2.27. The van der Waals surface area contributed by atoms with Gasteiger partial charge in [-0.25, -0.2) is 0 Å². The Balaban J connectivity index is 1.67. The van der Waals surface area contributed by atoms with E-state index in [-0.39, 0.29) is 30.9 Å². The molecule has 1 amide bonds. The van der Waals surface area contributed by atoms with Crippen molar-refractivity contribution in [1.82, 2.24) is 4.90 Å². The van der Waals surface area contributed by atoms with E-state index in [4.69, 9.17) is 4.74 Å². The number of amides is 1. The number of nitrogens with zero attached hydrogens (tertiary/aromatic N) is 1. The normalized spacial score (nSPS) is 29.7. The summed E-state index contributed by atoms with van der Waals surface area (Å²) in [6.07, 6.45) is 4.08. The Kier molecular flexibility index (Phi) is 3.32. The molecule has 0 spiro atoms. The first-order chi connectivity index (χ1) is 11.1. The highest BCUT2D eigenvalue weighted by molar-refractivity contribution is 5.84. The van der Waals surface area contributed by atoms with E-state index in [1.807, 2.05) is 24.3 Å². The van der Waals surface area contributed by atoms with Crippen LogP contribution in [0, 0.1) is 11.3 Å². The zero-order chi connectivity index (χ0) is 16.0. The van der Waals surface area contributed by atoms with Gasteiger partial charge in [0.2, 0.25) is 5.91 Å². The van der Waals surface area contributed by atoms with Crippen LogP contribution in [0.25, 0.3) is 0 Å². The van der Waals surface area contributed by atoms with Crippen LogP contribution in [0.5, 0.6) is 5.75 Å². The average molecular weight is 315 g/mol. The molecule has 5 heteroatoms. The Labute approximate surface area is 135 Å². The minimum atomic E-state index is -1.01. The molecule has 0 radical (unpaired) electrons. The summed E-state index contributed by atoms with van der Waals surface area (Å²) >= 11 is 0. The van der Waals surface area contributed by atoms with E-state index in [9.17, 15) is 14.7 Å². The fourth-order valence-corrected chi connectivity index (χ4v) is 4.44. The first-order valence-electron chi connectivity index (χ1n) is 8.36. The Bertz CT molecular complexity index is 652. The second-order valence-corrected chi connectivity index (χ2v) is 7.04. The number of para-hydroxylation sites is 1. The van der Waals surface area contributed by atoms with Crippen LogP contribution in [-0.2, 0) is 9.59 Å². The van der Waals surface area contributed by atoms with E-state index in [0.29, 0.717) is 6.54 Å². The van der Waals surface area contributed by atoms with Gasteiger partial charge in [-0.3, -0.25) is 9.59 Å². The van der Waals surface area contributed by atoms with Crippen molar-refractivity contribution < 1.29 is 19.4 Å². The summed E-state index contributed by atoms with van der Waals surface area (Å²) in [4.78, 5) is 26.6. The number of rotatable bonds is 2. The lowest BCUT2D eigenvalue weighted by atomic mass is 9.73. The largest absolute Gasteiger partial charge is 0.492 e. The summed E-state index contributed by atoms with van der Waals surface area (Å²) in [5, 5.41) is 9.87. The Morgan fingerprint density at radius 3 is 2.70 bits per heavy atom. The van der Waals surface area contributed by atoms with Crippen LogP contribution in [0.2, 0.25) is 0 Å². The molecule has 1 aromatic rings. The molecular weight excluding hydrogens is 294 g/mol. The van der Waals surface area contributed by atoms with E-state index in [1.165, 1.54) is 0 Å². The molecule has 2 fully saturated rings. The molecule has 1 aliphatic carbocycles. The van der Waals surface area contributed by atoms with E-state index >= 15 is 0 Å². The van der Waals surface area contributed by atoms with Crippen molar-refractivity contribution in [2.75, 3.05) is 19.7 Å². The van der Waals surface area contributed by atoms with Crippen molar-refractivity contribution in [3.63, 3.8) is 0 Å². The van der Waals surface area contributed by atoms with Gasteiger partial charge < -0.3 is 14.7 Å².